The number of hydrogen-bond donors (Lipinski definition) is 1. The Labute approximate surface area is 169 Å². The molecule has 0 aliphatic heterocycles. The minimum Gasteiger partial charge on any atom is -0.481 e. The van der Waals surface area contributed by atoms with E-state index in [4.69, 9.17) is 0 Å². The smallest absolute Gasteiger partial charge is 0.309 e. The predicted octanol–water partition coefficient (Wildman–Crippen LogP) is 6.13. The van der Waals surface area contributed by atoms with Crippen molar-refractivity contribution in [1.29, 1.82) is 0 Å². The molecular formula is C25H36O3. The van der Waals surface area contributed by atoms with Gasteiger partial charge >= 0.3 is 5.97 Å². The Morgan fingerprint density at radius 3 is 1.86 bits per heavy atom. The van der Waals surface area contributed by atoms with Gasteiger partial charge in [-0.2, -0.15) is 0 Å². The number of carboxylic acids is 1. The van der Waals surface area contributed by atoms with Crippen molar-refractivity contribution >= 4 is 11.8 Å². The molecule has 2 fully saturated rings. The number of rotatable bonds is 14. The molecule has 0 spiro atoms. The van der Waals surface area contributed by atoms with Crippen molar-refractivity contribution in [3.05, 3.63) is 35.4 Å². The van der Waals surface area contributed by atoms with Crippen LogP contribution in [0.3, 0.4) is 0 Å². The first-order valence-corrected chi connectivity index (χ1v) is 11.3. The van der Waals surface area contributed by atoms with Gasteiger partial charge in [-0.1, -0.05) is 49.9 Å². The fourth-order valence-electron chi connectivity index (χ4n) is 4.53. The Hall–Kier alpha value is -1.64. The first kappa shape index (κ1) is 21.1. The standard InChI is InChI=1S/C25H36O3/c1-20(26)24(15-16-24)13-6-3-2-4-9-21-11-8-12-22(19-21)10-5-7-14-25(17-18-25)23(27)28/h8,11-12,19H,2-7,9-10,13-18H2,1H3,(H,27,28). The molecule has 0 bridgehead atoms. The number of carbonyl (C=O) groups is 2. The Morgan fingerprint density at radius 1 is 0.821 bits per heavy atom. The van der Waals surface area contributed by atoms with Gasteiger partial charge in [0.05, 0.1) is 5.41 Å². The molecule has 0 radical (unpaired) electrons. The van der Waals surface area contributed by atoms with Crippen LogP contribution in [0.4, 0.5) is 0 Å². The molecule has 0 amide bonds. The highest BCUT2D eigenvalue weighted by atomic mass is 16.4. The minimum atomic E-state index is -0.594. The molecule has 1 N–H and O–H groups in total. The zero-order chi connectivity index (χ0) is 20.0. The average Bonchev–Trinajstić information content (AvgIpc) is 3.58. The summed E-state index contributed by atoms with van der Waals surface area (Å²) in [7, 11) is 0. The van der Waals surface area contributed by atoms with Crippen molar-refractivity contribution in [3.8, 4) is 0 Å². The quantitative estimate of drug-likeness (QED) is 0.393. The first-order valence-electron chi connectivity index (χ1n) is 11.3. The molecule has 3 heteroatoms. The van der Waals surface area contributed by atoms with Crippen molar-refractivity contribution in [2.45, 2.75) is 96.8 Å². The summed E-state index contributed by atoms with van der Waals surface area (Å²) in [4.78, 5) is 22.8. The van der Waals surface area contributed by atoms with Gasteiger partial charge in [-0.3, -0.25) is 9.59 Å². The Kier molecular flexibility index (Phi) is 6.95. The normalized spacial score (nSPS) is 18.6. The molecule has 28 heavy (non-hydrogen) atoms. The molecule has 0 aromatic heterocycles. The van der Waals surface area contributed by atoms with Crippen LogP contribution in [0.25, 0.3) is 0 Å². The number of carboxylic acid groups (broad SMARTS) is 1. The van der Waals surface area contributed by atoms with Crippen LogP contribution in [0.15, 0.2) is 24.3 Å². The number of ketones is 1. The van der Waals surface area contributed by atoms with Gasteiger partial charge in [0.1, 0.15) is 5.78 Å². The lowest BCUT2D eigenvalue weighted by molar-refractivity contribution is -0.143. The fourth-order valence-corrected chi connectivity index (χ4v) is 4.53. The molecule has 1 aromatic carbocycles. The second kappa shape index (κ2) is 9.24. The lowest BCUT2D eigenvalue weighted by Gasteiger charge is -2.11. The third kappa shape index (κ3) is 5.68. The number of carbonyl (C=O) groups excluding carboxylic acids is 1. The molecule has 0 atom stereocenters. The lowest BCUT2D eigenvalue weighted by atomic mass is 9.93. The molecule has 3 rings (SSSR count). The van der Waals surface area contributed by atoms with Gasteiger partial charge in [0.25, 0.3) is 0 Å². The fraction of sp³-hybridized carbons (Fsp3) is 0.680. The molecule has 2 aliphatic carbocycles. The van der Waals surface area contributed by atoms with Crippen LogP contribution in [0.1, 0.15) is 95.1 Å². The van der Waals surface area contributed by atoms with E-state index < -0.39 is 5.97 Å². The molecule has 0 unspecified atom stereocenters. The van der Waals surface area contributed by atoms with Crippen LogP contribution < -0.4 is 0 Å². The number of hydrogen-bond acceptors (Lipinski definition) is 2. The Balaban J connectivity index is 1.28. The number of aliphatic carboxylic acids is 1. The molecule has 0 heterocycles. The second-order valence-corrected chi connectivity index (χ2v) is 9.36. The summed E-state index contributed by atoms with van der Waals surface area (Å²) < 4.78 is 0. The monoisotopic (exact) mass is 384 g/mol. The maximum Gasteiger partial charge on any atom is 0.309 e. The van der Waals surface area contributed by atoms with Gasteiger partial charge in [-0.25, -0.2) is 0 Å². The van der Waals surface area contributed by atoms with E-state index >= 15 is 0 Å². The first-order chi connectivity index (χ1) is 13.5. The van der Waals surface area contributed by atoms with Crippen molar-refractivity contribution in [2.75, 3.05) is 0 Å². The highest BCUT2D eigenvalue weighted by Crippen LogP contribution is 2.51. The molecule has 3 nitrogen and oxygen atoms in total. The van der Waals surface area contributed by atoms with Crippen LogP contribution in [-0.4, -0.2) is 16.9 Å². The average molecular weight is 385 g/mol. The Morgan fingerprint density at radius 2 is 1.32 bits per heavy atom. The van der Waals surface area contributed by atoms with Crippen LogP contribution in [0.2, 0.25) is 0 Å². The summed E-state index contributed by atoms with van der Waals surface area (Å²) in [6.45, 7) is 1.76. The summed E-state index contributed by atoms with van der Waals surface area (Å²) in [5.74, 6) is -0.192. The van der Waals surface area contributed by atoms with Crippen molar-refractivity contribution < 1.29 is 14.7 Å². The van der Waals surface area contributed by atoms with Crippen molar-refractivity contribution in [3.63, 3.8) is 0 Å². The molecule has 154 valence electrons. The van der Waals surface area contributed by atoms with Gasteiger partial charge in [0.2, 0.25) is 0 Å². The zero-order valence-electron chi connectivity index (χ0n) is 17.5. The maximum absolute atomic E-state index is 11.6. The molecule has 2 aliphatic rings. The summed E-state index contributed by atoms with van der Waals surface area (Å²) in [5, 5.41) is 9.24. The predicted molar refractivity (Wildman–Crippen MR) is 112 cm³/mol. The second-order valence-electron chi connectivity index (χ2n) is 9.36. The molecular weight excluding hydrogens is 348 g/mol. The summed E-state index contributed by atoms with van der Waals surface area (Å²) >= 11 is 0. The highest BCUT2D eigenvalue weighted by Gasteiger charge is 2.49. The minimum absolute atomic E-state index is 0.0813. The van der Waals surface area contributed by atoms with E-state index in [9.17, 15) is 14.7 Å². The SMILES string of the molecule is CC(=O)C1(CCCCCCc2cccc(CCCCC3(C(=O)O)CC3)c2)CC1. The Bertz CT molecular complexity index is 683. The van der Waals surface area contributed by atoms with Gasteiger partial charge in [-0.05, 0) is 82.3 Å². The summed E-state index contributed by atoms with van der Waals surface area (Å²) in [6, 6.07) is 8.92. The molecule has 2 saturated carbocycles. The third-order valence-electron chi connectivity index (χ3n) is 7.14. The lowest BCUT2D eigenvalue weighted by Crippen LogP contribution is -2.14. The van der Waals surface area contributed by atoms with E-state index in [2.05, 4.69) is 24.3 Å². The van der Waals surface area contributed by atoms with Crippen LogP contribution in [0.5, 0.6) is 0 Å². The zero-order valence-corrected chi connectivity index (χ0v) is 17.5. The van der Waals surface area contributed by atoms with E-state index in [0.717, 1.165) is 64.2 Å². The maximum atomic E-state index is 11.6. The topological polar surface area (TPSA) is 54.4 Å². The van der Waals surface area contributed by atoms with Crippen molar-refractivity contribution in [1.82, 2.24) is 0 Å². The molecule has 0 saturated heterocycles. The van der Waals surface area contributed by atoms with Crippen LogP contribution in [0, 0.1) is 10.8 Å². The van der Waals surface area contributed by atoms with E-state index in [-0.39, 0.29) is 10.8 Å². The third-order valence-corrected chi connectivity index (χ3v) is 7.14. The van der Waals surface area contributed by atoms with E-state index in [1.54, 1.807) is 6.92 Å². The van der Waals surface area contributed by atoms with Crippen LogP contribution in [-0.2, 0) is 22.4 Å². The summed E-state index contributed by atoms with van der Waals surface area (Å²) in [5.41, 5.74) is 2.52. The molecule has 1 aromatic rings. The number of Topliss-reactive ketones (excluding diaryl/α,β-unsaturated/α-hetero) is 1. The van der Waals surface area contributed by atoms with E-state index in [1.807, 2.05) is 0 Å². The van der Waals surface area contributed by atoms with E-state index in [0.29, 0.717) is 5.78 Å². The van der Waals surface area contributed by atoms with Crippen molar-refractivity contribution in [2.24, 2.45) is 10.8 Å². The van der Waals surface area contributed by atoms with Gasteiger partial charge in [-0.15, -0.1) is 0 Å². The summed E-state index contributed by atoms with van der Waals surface area (Å²) in [6.07, 6.45) is 15.1. The highest BCUT2D eigenvalue weighted by molar-refractivity contribution is 5.84. The van der Waals surface area contributed by atoms with Gasteiger partial charge in [0.15, 0.2) is 0 Å². The van der Waals surface area contributed by atoms with Gasteiger partial charge in [0, 0.05) is 5.41 Å². The van der Waals surface area contributed by atoms with Gasteiger partial charge < -0.3 is 5.11 Å². The number of unbranched alkanes of at least 4 members (excludes halogenated alkanes) is 4. The number of aryl methyl sites for hydroxylation is 2. The van der Waals surface area contributed by atoms with E-state index in [1.165, 1.54) is 36.8 Å². The largest absolute Gasteiger partial charge is 0.481 e. The number of benzene rings is 1. The van der Waals surface area contributed by atoms with Crippen LogP contribution >= 0.6 is 0 Å².